The molecule has 1 amide bonds. The molecule has 1 heterocycles. The number of hydrogen-bond acceptors (Lipinski definition) is 3. The number of nitrogens with one attached hydrogen (secondary N) is 1. The van der Waals surface area contributed by atoms with Crippen LogP contribution in [0.2, 0.25) is 5.02 Å². The van der Waals surface area contributed by atoms with Crippen LogP contribution in [0.15, 0.2) is 41.3 Å². The minimum atomic E-state index is -3.43. The number of amides is 1. The van der Waals surface area contributed by atoms with E-state index in [-0.39, 0.29) is 5.91 Å². The second-order valence-corrected chi connectivity index (χ2v) is 10.3. The van der Waals surface area contributed by atoms with Gasteiger partial charge in [-0.15, -0.1) is 0 Å². The summed E-state index contributed by atoms with van der Waals surface area (Å²) in [7, 11) is -3.43. The highest BCUT2D eigenvalue weighted by molar-refractivity contribution is 7.89. The molecule has 0 spiro atoms. The van der Waals surface area contributed by atoms with E-state index < -0.39 is 10.0 Å². The van der Waals surface area contributed by atoms with Gasteiger partial charge in [0.05, 0.1) is 4.90 Å². The average molecular weight is 463 g/mol. The Kier molecular flexibility index (Phi) is 8.14. The Morgan fingerprint density at radius 1 is 1.00 bits per heavy atom. The van der Waals surface area contributed by atoms with Crippen molar-refractivity contribution in [2.45, 2.75) is 63.7 Å². The van der Waals surface area contributed by atoms with Crippen molar-refractivity contribution in [3.63, 3.8) is 0 Å². The number of halogens is 1. The van der Waals surface area contributed by atoms with E-state index in [0.29, 0.717) is 35.8 Å². The Labute approximate surface area is 190 Å². The lowest BCUT2D eigenvalue weighted by molar-refractivity contribution is -0.116. The number of carbonyl (C=O) groups excluding carboxylic acids is 1. The van der Waals surface area contributed by atoms with Crippen LogP contribution in [0, 0.1) is 0 Å². The lowest BCUT2D eigenvalue weighted by Crippen LogP contribution is -2.35. The Balaban J connectivity index is 1.63. The number of anilines is 1. The predicted octanol–water partition coefficient (Wildman–Crippen LogP) is 5.21. The zero-order chi connectivity index (χ0) is 22.4. The van der Waals surface area contributed by atoms with Gasteiger partial charge in [-0.05, 0) is 67.0 Å². The highest BCUT2D eigenvalue weighted by atomic mass is 35.5. The lowest BCUT2D eigenvalue weighted by Gasteiger charge is -2.25. The van der Waals surface area contributed by atoms with E-state index in [2.05, 4.69) is 12.2 Å². The number of carbonyl (C=O) groups is 1. The van der Waals surface area contributed by atoms with Gasteiger partial charge in [0.25, 0.3) is 0 Å². The van der Waals surface area contributed by atoms with Crippen LogP contribution in [0.5, 0.6) is 0 Å². The minimum absolute atomic E-state index is 0.0725. The SMILES string of the molecule is CCc1ccc(Cl)c(CC)c1NC(=O)CCc1ccc(S(=O)(=O)N2CCCCC2)cc1. The van der Waals surface area contributed by atoms with Crippen molar-refractivity contribution in [1.82, 2.24) is 4.31 Å². The maximum Gasteiger partial charge on any atom is 0.243 e. The first-order valence-corrected chi connectivity index (χ1v) is 12.9. The maximum atomic E-state index is 12.8. The number of piperidine rings is 1. The molecule has 2 aromatic carbocycles. The summed E-state index contributed by atoms with van der Waals surface area (Å²) < 4.78 is 27.1. The van der Waals surface area contributed by atoms with Crippen LogP contribution in [0.25, 0.3) is 0 Å². The van der Waals surface area contributed by atoms with Crippen LogP contribution in [-0.4, -0.2) is 31.7 Å². The zero-order valence-electron chi connectivity index (χ0n) is 18.3. The van der Waals surface area contributed by atoms with E-state index in [0.717, 1.165) is 54.5 Å². The summed E-state index contributed by atoms with van der Waals surface area (Å²) >= 11 is 6.32. The third kappa shape index (κ3) is 5.68. The molecule has 0 radical (unpaired) electrons. The summed E-state index contributed by atoms with van der Waals surface area (Å²) in [4.78, 5) is 12.9. The third-order valence-corrected chi connectivity index (χ3v) is 8.12. The smallest absolute Gasteiger partial charge is 0.243 e. The topological polar surface area (TPSA) is 66.5 Å². The van der Waals surface area contributed by atoms with Crippen LogP contribution in [0.4, 0.5) is 5.69 Å². The van der Waals surface area contributed by atoms with Gasteiger partial charge in [0.15, 0.2) is 0 Å². The van der Waals surface area contributed by atoms with Crippen molar-refractivity contribution < 1.29 is 13.2 Å². The second kappa shape index (κ2) is 10.6. The molecule has 0 aliphatic carbocycles. The molecule has 0 bridgehead atoms. The molecule has 1 N–H and O–H groups in total. The average Bonchev–Trinajstić information content (AvgIpc) is 2.79. The number of nitrogens with zero attached hydrogens (tertiary/aromatic N) is 1. The largest absolute Gasteiger partial charge is 0.326 e. The Bertz CT molecular complexity index is 1010. The van der Waals surface area contributed by atoms with E-state index in [4.69, 9.17) is 11.6 Å². The van der Waals surface area contributed by atoms with Crippen LogP contribution in [0.3, 0.4) is 0 Å². The fourth-order valence-electron chi connectivity index (χ4n) is 4.01. The lowest BCUT2D eigenvalue weighted by atomic mass is 10.0. The number of benzene rings is 2. The molecule has 1 aliphatic rings. The van der Waals surface area contributed by atoms with Crippen LogP contribution < -0.4 is 5.32 Å². The highest BCUT2D eigenvalue weighted by Crippen LogP contribution is 2.30. The van der Waals surface area contributed by atoms with Gasteiger partial charge in [-0.2, -0.15) is 4.31 Å². The summed E-state index contributed by atoms with van der Waals surface area (Å²) in [5.41, 5.74) is 3.79. The number of aryl methyl sites for hydroxylation is 2. The highest BCUT2D eigenvalue weighted by Gasteiger charge is 2.25. The van der Waals surface area contributed by atoms with E-state index in [1.54, 1.807) is 28.6 Å². The summed E-state index contributed by atoms with van der Waals surface area (Å²) in [6, 6.07) is 10.8. The fraction of sp³-hybridized carbons (Fsp3) is 0.458. The summed E-state index contributed by atoms with van der Waals surface area (Å²) in [6.45, 7) is 5.26. The van der Waals surface area contributed by atoms with Crippen molar-refractivity contribution in [2.75, 3.05) is 18.4 Å². The molecule has 5 nitrogen and oxygen atoms in total. The predicted molar refractivity (Wildman–Crippen MR) is 126 cm³/mol. The number of sulfonamides is 1. The first-order chi connectivity index (χ1) is 14.9. The maximum absolute atomic E-state index is 12.8. The summed E-state index contributed by atoms with van der Waals surface area (Å²) in [5, 5.41) is 3.71. The van der Waals surface area contributed by atoms with Crippen LogP contribution >= 0.6 is 11.6 Å². The first-order valence-electron chi connectivity index (χ1n) is 11.1. The van der Waals surface area contributed by atoms with Gasteiger partial charge in [-0.3, -0.25) is 4.79 Å². The Morgan fingerprint density at radius 2 is 1.68 bits per heavy atom. The molecule has 31 heavy (non-hydrogen) atoms. The quantitative estimate of drug-likeness (QED) is 0.585. The van der Waals surface area contributed by atoms with Gasteiger partial charge in [-0.25, -0.2) is 8.42 Å². The van der Waals surface area contributed by atoms with E-state index >= 15 is 0 Å². The second-order valence-electron chi connectivity index (χ2n) is 7.92. The fourth-order valence-corrected chi connectivity index (χ4v) is 5.82. The Morgan fingerprint density at radius 3 is 2.29 bits per heavy atom. The van der Waals surface area contributed by atoms with Crippen LogP contribution in [-0.2, 0) is 34.1 Å². The molecule has 0 unspecified atom stereocenters. The van der Waals surface area contributed by atoms with Crippen molar-refractivity contribution >= 4 is 33.2 Å². The standard InChI is InChI=1S/C24H31ClN2O3S/c1-3-19-11-14-22(25)21(4-2)24(19)26-23(28)15-10-18-8-12-20(13-9-18)31(29,30)27-16-6-5-7-17-27/h8-9,11-14H,3-7,10,15-17H2,1-2H3,(H,26,28). The molecule has 1 fully saturated rings. The van der Waals surface area contributed by atoms with Crippen molar-refractivity contribution in [2.24, 2.45) is 0 Å². The molecule has 3 rings (SSSR count). The Hall–Kier alpha value is -1.89. The van der Waals surface area contributed by atoms with Gasteiger partial charge < -0.3 is 5.32 Å². The third-order valence-electron chi connectivity index (χ3n) is 5.86. The molecule has 0 saturated carbocycles. The van der Waals surface area contributed by atoms with E-state index in [1.807, 2.05) is 19.1 Å². The van der Waals surface area contributed by atoms with Crippen molar-refractivity contribution in [3.05, 3.63) is 58.1 Å². The summed E-state index contributed by atoms with van der Waals surface area (Å²) in [6.07, 6.45) is 5.33. The molecular formula is C24H31ClN2O3S. The first kappa shape index (κ1) is 23.8. The van der Waals surface area contributed by atoms with E-state index in [1.165, 1.54) is 0 Å². The molecule has 7 heteroatoms. The van der Waals surface area contributed by atoms with Gasteiger partial charge in [0.1, 0.15) is 0 Å². The molecule has 1 aliphatic heterocycles. The van der Waals surface area contributed by atoms with Gasteiger partial charge in [-0.1, -0.05) is 50.1 Å². The molecule has 0 aromatic heterocycles. The van der Waals surface area contributed by atoms with Gasteiger partial charge in [0.2, 0.25) is 15.9 Å². The molecule has 2 aromatic rings. The zero-order valence-corrected chi connectivity index (χ0v) is 19.9. The molecule has 168 valence electrons. The van der Waals surface area contributed by atoms with Crippen molar-refractivity contribution in [3.8, 4) is 0 Å². The molecular weight excluding hydrogens is 432 g/mol. The van der Waals surface area contributed by atoms with E-state index in [9.17, 15) is 13.2 Å². The molecule has 0 atom stereocenters. The number of hydrogen-bond donors (Lipinski definition) is 1. The summed E-state index contributed by atoms with van der Waals surface area (Å²) in [5.74, 6) is -0.0725. The molecule has 1 saturated heterocycles. The van der Waals surface area contributed by atoms with Gasteiger partial charge >= 0.3 is 0 Å². The van der Waals surface area contributed by atoms with Crippen LogP contribution in [0.1, 0.15) is 56.2 Å². The minimum Gasteiger partial charge on any atom is -0.326 e. The normalized spacial score (nSPS) is 15.1. The monoisotopic (exact) mass is 462 g/mol. The van der Waals surface area contributed by atoms with Crippen molar-refractivity contribution in [1.29, 1.82) is 0 Å². The number of rotatable bonds is 8. The van der Waals surface area contributed by atoms with Gasteiger partial charge in [0, 0.05) is 30.2 Å².